The van der Waals surface area contributed by atoms with E-state index in [0.29, 0.717) is 4.90 Å². The molecule has 0 radical (unpaired) electrons. The van der Waals surface area contributed by atoms with Crippen molar-refractivity contribution < 1.29 is 13.2 Å². The van der Waals surface area contributed by atoms with Gasteiger partial charge in [0, 0.05) is 16.0 Å². The zero-order valence-corrected chi connectivity index (χ0v) is 12.9. The highest BCUT2D eigenvalue weighted by molar-refractivity contribution is 8.00. The van der Waals surface area contributed by atoms with E-state index in [1.54, 1.807) is 12.1 Å². The van der Waals surface area contributed by atoms with Crippen molar-refractivity contribution in [3.05, 3.63) is 54.1 Å². The Balaban J connectivity index is 2.59. The molecule has 20 heavy (non-hydrogen) atoms. The summed E-state index contributed by atoms with van der Waals surface area (Å²) in [6, 6.07) is 14.0. The Morgan fingerprint density at radius 3 is 2.25 bits per heavy atom. The van der Waals surface area contributed by atoms with Crippen LogP contribution >= 0.6 is 23.4 Å². The fourth-order valence-electron chi connectivity index (χ4n) is 1.75. The molecule has 2 aromatic carbocycles. The topological polar surface area (TPSA) is 51.2 Å². The molecule has 0 bridgehead atoms. The summed E-state index contributed by atoms with van der Waals surface area (Å²) in [5.41, 5.74) is 0.00935. The zero-order chi connectivity index (χ0) is 14.8. The maximum absolute atomic E-state index is 11.9. The average molecular weight is 327 g/mol. The largest absolute Gasteiger partial charge is 0.276 e. The minimum Gasteiger partial charge on any atom is -0.276 e. The smallest absolute Gasteiger partial charge is 0.253 e. The Morgan fingerprint density at radius 2 is 1.70 bits per heavy atom. The molecule has 3 nitrogen and oxygen atoms in total. The number of hydrogen-bond donors (Lipinski definition) is 0. The van der Waals surface area contributed by atoms with Crippen molar-refractivity contribution in [1.29, 1.82) is 0 Å². The Morgan fingerprint density at radius 1 is 1.05 bits per heavy atom. The molecule has 2 rings (SSSR count). The third-order valence-corrected chi connectivity index (χ3v) is 5.11. The molecule has 0 aliphatic rings. The lowest BCUT2D eigenvalue weighted by Crippen LogP contribution is -2.06. The second-order valence-electron chi connectivity index (χ2n) is 4.09. The summed E-state index contributed by atoms with van der Waals surface area (Å²) in [6.07, 6.45) is 1.07. The molecule has 0 unspecified atom stereocenters. The lowest BCUT2D eigenvalue weighted by molar-refractivity contribution is 0.107. The predicted octanol–water partition coefficient (Wildman–Crippen LogP) is 3.62. The average Bonchev–Trinajstić information content (AvgIpc) is 2.38. The first-order valence-electron chi connectivity index (χ1n) is 5.65. The lowest BCUT2D eigenvalue weighted by atomic mass is 10.2. The van der Waals surface area contributed by atoms with Gasteiger partial charge in [-0.3, -0.25) is 4.79 Å². The highest BCUT2D eigenvalue weighted by atomic mass is 35.5. The van der Waals surface area contributed by atoms with E-state index in [1.165, 1.54) is 17.8 Å². The second-order valence-corrected chi connectivity index (χ2v) is 7.51. The third kappa shape index (κ3) is 3.42. The molecule has 0 N–H and O–H groups in total. The monoisotopic (exact) mass is 326 g/mol. The van der Waals surface area contributed by atoms with E-state index in [1.807, 2.05) is 30.3 Å². The molecule has 0 saturated heterocycles. The van der Waals surface area contributed by atoms with Gasteiger partial charge in [-0.05, 0) is 35.9 Å². The minimum absolute atomic E-state index is 0.00935. The van der Waals surface area contributed by atoms with E-state index in [9.17, 15) is 13.2 Å². The first-order valence-corrected chi connectivity index (χ1v) is 8.74. The summed E-state index contributed by atoms with van der Waals surface area (Å²) >= 11 is 6.76. The maximum Gasteiger partial charge on any atom is 0.253 e. The van der Waals surface area contributed by atoms with Gasteiger partial charge in [0.05, 0.1) is 10.5 Å². The molecule has 0 spiro atoms. The van der Waals surface area contributed by atoms with Crippen LogP contribution in [0.1, 0.15) is 10.4 Å². The summed E-state index contributed by atoms with van der Waals surface area (Å²) in [5.74, 6) is 0. The van der Waals surface area contributed by atoms with Crippen molar-refractivity contribution in [2.45, 2.75) is 14.7 Å². The molecule has 104 valence electrons. The van der Waals surface area contributed by atoms with E-state index >= 15 is 0 Å². The molecule has 0 amide bonds. The van der Waals surface area contributed by atoms with Crippen LogP contribution in [-0.4, -0.2) is 19.9 Å². The van der Waals surface area contributed by atoms with Gasteiger partial charge >= 0.3 is 0 Å². The number of carbonyl (C=O) groups is 1. The van der Waals surface area contributed by atoms with E-state index in [0.717, 1.165) is 11.2 Å². The summed E-state index contributed by atoms with van der Waals surface area (Å²) in [6.45, 7) is 0. The molecular weight excluding hydrogens is 316 g/mol. The molecule has 6 heteroatoms. The normalized spacial score (nSPS) is 11.3. The highest BCUT2D eigenvalue weighted by Crippen LogP contribution is 2.35. The van der Waals surface area contributed by atoms with Crippen molar-refractivity contribution >= 4 is 38.4 Å². The van der Waals surface area contributed by atoms with Gasteiger partial charge in [-0.1, -0.05) is 36.0 Å². The number of sulfone groups is 1. The van der Waals surface area contributed by atoms with Gasteiger partial charge < -0.3 is 0 Å². The van der Waals surface area contributed by atoms with Crippen LogP contribution in [-0.2, 0) is 9.84 Å². The number of benzene rings is 2. The first kappa shape index (κ1) is 15.1. The molecule has 0 atom stereocenters. The quantitative estimate of drug-likeness (QED) is 0.805. The molecule has 0 fully saturated rings. The van der Waals surface area contributed by atoms with Crippen LogP contribution in [0.25, 0.3) is 0 Å². The summed E-state index contributed by atoms with van der Waals surface area (Å²) in [7, 11) is -3.56. The molecular formula is C14H11ClO3S2. The third-order valence-electron chi connectivity index (χ3n) is 2.53. The minimum atomic E-state index is -3.56. The van der Waals surface area contributed by atoms with Crippen LogP contribution in [0.4, 0.5) is 0 Å². The number of carbonyl (C=O) groups excluding carboxylic acids is 1. The Bertz CT molecular complexity index is 740. The van der Waals surface area contributed by atoms with Crippen molar-refractivity contribution in [2.24, 2.45) is 0 Å². The van der Waals surface area contributed by atoms with Gasteiger partial charge in [0.1, 0.15) is 0 Å². The van der Waals surface area contributed by atoms with Crippen molar-refractivity contribution in [1.82, 2.24) is 0 Å². The Hall–Kier alpha value is -1.30. The summed E-state index contributed by atoms with van der Waals surface area (Å²) in [4.78, 5) is 12.8. The van der Waals surface area contributed by atoms with Crippen LogP contribution in [0.3, 0.4) is 0 Å². The van der Waals surface area contributed by atoms with Crippen molar-refractivity contribution in [3.63, 3.8) is 0 Å². The molecule has 0 aliphatic heterocycles. The van der Waals surface area contributed by atoms with E-state index in [4.69, 9.17) is 11.6 Å². The van der Waals surface area contributed by atoms with Crippen LogP contribution < -0.4 is 0 Å². The fourth-order valence-corrected chi connectivity index (χ4v) is 4.43. The summed E-state index contributed by atoms with van der Waals surface area (Å²) in [5, 5.41) is -0.777. The van der Waals surface area contributed by atoms with Crippen LogP contribution in [0.2, 0.25) is 0 Å². The van der Waals surface area contributed by atoms with Crippen LogP contribution in [0.5, 0.6) is 0 Å². The van der Waals surface area contributed by atoms with Gasteiger partial charge in [0.15, 0.2) is 9.84 Å². The molecule has 0 heterocycles. The van der Waals surface area contributed by atoms with Crippen molar-refractivity contribution in [2.75, 3.05) is 6.26 Å². The first-order chi connectivity index (χ1) is 9.39. The Kier molecular flexibility index (Phi) is 4.52. The van der Waals surface area contributed by atoms with Gasteiger partial charge in [-0.15, -0.1) is 0 Å². The molecule has 0 aliphatic carbocycles. The second kappa shape index (κ2) is 5.99. The number of hydrogen-bond acceptors (Lipinski definition) is 4. The van der Waals surface area contributed by atoms with Crippen molar-refractivity contribution in [3.8, 4) is 0 Å². The lowest BCUT2D eigenvalue weighted by Gasteiger charge is -2.10. The van der Waals surface area contributed by atoms with Crippen LogP contribution in [0.15, 0.2) is 63.2 Å². The molecule has 0 aromatic heterocycles. The van der Waals surface area contributed by atoms with Gasteiger partial charge in [-0.2, -0.15) is 0 Å². The number of rotatable bonds is 4. The van der Waals surface area contributed by atoms with E-state index < -0.39 is 15.1 Å². The predicted molar refractivity (Wildman–Crippen MR) is 80.3 cm³/mol. The van der Waals surface area contributed by atoms with Gasteiger partial charge in [-0.25, -0.2) is 8.42 Å². The van der Waals surface area contributed by atoms with E-state index in [2.05, 4.69) is 0 Å². The van der Waals surface area contributed by atoms with E-state index in [-0.39, 0.29) is 10.5 Å². The summed E-state index contributed by atoms with van der Waals surface area (Å²) < 4.78 is 23.9. The standard InChI is InChI=1S/C14H11ClO3S2/c1-20(17,18)13-11(14(15)16)8-5-9-12(13)19-10-6-3-2-4-7-10/h2-9H,1H3. The van der Waals surface area contributed by atoms with Gasteiger partial charge in [0.2, 0.25) is 0 Å². The Labute approximate surface area is 126 Å². The zero-order valence-electron chi connectivity index (χ0n) is 10.5. The fraction of sp³-hybridized carbons (Fsp3) is 0.0714. The maximum atomic E-state index is 11.9. The number of halogens is 1. The SMILES string of the molecule is CS(=O)(=O)c1c(Sc2ccccc2)cccc1C(=O)Cl. The van der Waals surface area contributed by atoms with Gasteiger partial charge in [0.25, 0.3) is 5.24 Å². The molecule has 2 aromatic rings. The van der Waals surface area contributed by atoms with Crippen LogP contribution in [0, 0.1) is 0 Å². The highest BCUT2D eigenvalue weighted by Gasteiger charge is 2.22. The molecule has 0 saturated carbocycles.